The molecule has 1 fully saturated rings. The van der Waals surface area contributed by atoms with Gasteiger partial charge in [-0.3, -0.25) is 18.6 Å². The molecule has 9 nitrogen and oxygen atoms in total. The van der Waals surface area contributed by atoms with E-state index in [2.05, 4.69) is 0 Å². The third kappa shape index (κ3) is 4.51. The van der Waals surface area contributed by atoms with E-state index in [1.807, 2.05) is 32.0 Å². The number of carbonyl (C=O) groups excluding carboxylic acids is 1. The van der Waals surface area contributed by atoms with E-state index in [9.17, 15) is 18.0 Å². The quantitative estimate of drug-likeness (QED) is 0.539. The zero-order valence-corrected chi connectivity index (χ0v) is 21.3. The van der Waals surface area contributed by atoms with E-state index in [1.54, 1.807) is 35.7 Å². The minimum absolute atomic E-state index is 0.00539. The van der Waals surface area contributed by atoms with Gasteiger partial charge < -0.3 is 9.64 Å². The normalized spacial score (nSPS) is 18.5. The Labute approximate surface area is 205 Å². The summed E-state index contributed by atoms with van der Waals surface area (Å²) >= 11 is 0. The molecule has 2 atom stereocenters. The van der Waals surface area contributed by atoms with Crippen molar-refractivity contribution in [3.63, 3.8) is 0 Å². The third-order valence-electron chi connectivity index (χ3n) is 6.31. The molecule has 1 aromatic heterocycles. The van der Waals surface area contributed by atoms with Crippen LogP contribution in [0.3, 0.4) is 0 Å². The summed E-state index contributed by atoms with van der Waals surface area (Å²) in [6.07, 6.45) is -0.130. The van der Waals surface area contributed by atoms with Crippen molar-refractivity contribution < 1.29 is 17.9 Å². The molecule has 1 amide bonds. The zero-order valence-electron chi connectivity index (χ0n) is 20.5. The zero-order chi connectivity index (χ0) is 25.5. The standard InChI is InChI=1S/C25H30N4O5S/c1-17-15-28(16-18(2)34-17)24(30)20-11-13-22(14-12-20)35(32,33)27(5)23-19(3)26(4)29(25(23)31)21-9-7-6-8-10-21/h6-14,17-18H,15-16H2,1-5H3. The minimum Gasteiger partial charge on any atom is -0.372 e. The largest absolute Gasteiger partial charge is 0.372 e. The van der Waals surface area contributed by atoms with Gasteiger partial charge in [-0.05, 0) is 57.2 Å². The number of nitrogens with zero attached hydrogens (tertiary/aromatic N) is 4. The second kappa shape index (κ2) is 9.35. The number of carbonyl (C=O) groups is 1. The fourth-order valence-corrected chi connectivity index (χ4v) is 5.74. The number of aromatic nitrogens is 2. The highest BCUT2D eigenvalue weighted by molar-refractivity contribution is 7.92. The number of hydrogen-bond donors (Lipinski definition) is 0. The van der Waals surface area contributed by atoms with E-state index >= 15 is 0 Å². The summed E-state index contributed by atoms with van der Waals surface area (Å²) in [5, 5.41) is 0. The van der Waals surface area contributed by atoms with Gasteiger partial charge in [0.15, 0.2) is 0 Å². The van der Waals surface area contributed by atoms with E-state index in [4.69, 9.17) is 4.74 Å². The van der Waals surface area contributed by atoms with E-state index in [1.165, 1.54) is 36.0 Å². The van der Waals surface area contributed by atoms with Crippen LogP contribution in [0.25, 0.3) is 5.69 Å². The molecule has 4 rings (SSSR count). The SMILES string of the molecule is Cc1c(N(C)S(=O)(=O)c2ccc(C(=O)N3CC(C)OC(C)C3)cc2)c(=O)n(-c2ccccc2)n1C. The van der Waals surface area contributed by atoms with Crippen LogP contribution in [0.2, 0.25) is 0 Å². The van der Waals surface area contributed by atoms with Crippen molar-refractivity contribution in [1.82, 2.24) is 14.3 Å². The first-order valence-corrected chi connectivity index (χ1v) is 12.8. The van der Waals surface area contributed by atoms with Gasteiger partial charge in [-0.15, -0.1) is 0 Å². The number of hydrogen-bond acceptors (Lipinski definition) is 5. The molecule has 0 bridgehead atoms. The van der Waals surface area contributed by atoms with Gasteiger partial charge in [0, 0.05) is 32.7 Å². The molecule has 0 N–H and O–H groups in total. The van der Waals surface area contributed by atoms with Crippen LogP contribution < -0.4 is 9.86 Å². The third-order valence-corrected chi connectivity index (χ3v) is 8.08. The Morgan fingerprint density at radius 1 is 1.00 bits per heavy atom. The molecule has 0 saturated carbocycles. The van der Waals surface area contributed by atoms with Crippen LogP contribution in [0, 0.1) is 6.92 Å². The fourth-order valence-electron chi connectivity index (χ4n) is 4.49. The number of amides is 1. The maximum absolute atomic E-state index is 13.4. The lowest BCUT2D eigenvalue weighted by atomic mass is 10.1. The van der Waals surface area contributed by atoms with Gasteiger partial charge in [-0.1, -0.05) is 18.2 Å². The highest BCUT2D eigenvalue weighted by Gasteiger charge is 2.30. The molecule has 1 aliphatic heterocycles. The number of para-hydroxylation sites is 1. The summed E-state index contributed by atoms with van der Waals surface area (Å²) in [7, 11) is -0.971. The second-order valence-electron chi connectivity index (χ2n) is 8.87. The van der Waals surface area contributed by atoms with Crippen molar-refractivity contribution in [2.75, 3.05) is 24.4 Å². The van der Waals surface area contributed by atoms with Crippen LogP contribution in [-0.4, -0.2) is 60.9 Å². The predicted octanol–water partition coefficient (Wildman–Crippen LogP) is 2.56. The van der Waals surface area contributed by atoms with Gasteiger partial charge in [0.1, 0.15) is 5.69 Å². The number of sulfonamides is 1. The summed E-state index contributed by atoms with van der Waals surface area (Å²) in [6, 6.07) is 14.9. The maximum atomic E-state index is 13.4. The number of anilines is 1. The Kier molecular flexibility index (Phi) is 6.61. The average Bonchev–Trinajstić information content (AvgIpc) is 3.05. The summed E-state index contributed by atoms with van der Waals surface area (Å²) in [4.78, 5) is 27.9. The highest BCUT2D eigenvalue weighted by atomic mass is 32.2. The molecule has 2 aromatic carbocycles. The van der Waals surface area contributed by atoms with Gasteiger partial charge in [-0.25, -0.2) is 13.1 Å². The number of benzene rings is 2. The van der Waals surface area contributed by atoms with Crippen molar-refractivity contribution in [3.05, 3.63) is 76.2 Å². The fraction of sp³-hybridized carbons (Fsp3) is 0.360. The van der Waals surface area contributed by atoms with E-state index in [0.29, 0.717) is 30.0 Å². The molecule has 2 unspecified atom stereocenters. The molecule has 2 heterocycles. The lowest BCUT2D eigenvalue weighted by Crippen LogP contribution is -2.48. The molecule has 186 valence electrons. The predicted molar refractivity (Wildman–Crippen MR) is 134 cm³/mol. The smallest absolute Gasteiger partial charge is 0.296 e. The van der Waals surface area contributed by atoms with E-state index < -0.39 is 15.6 Å². The van der Waals surface area contributed by atoms with Crippen molar-refractivity contribution in [2.45, 2.75) is 37.9 Å². The molecule has 1 saturated heterocycles. The Bertz CT molecular complexity index is 1380. The van der Waals surface area contributed by atoms with Gasteiger partial charge >= 0.3 is 0 Å². The first-order chi connectivity index (χ1) is 16.5. The summed E-state index contributed by atoms with van der Waals surface area (Å²) in [6.45, 7) is 6.49. The van der Waals surface area contributed by atoms with Gasteiger partial charge in [0.05, 0.1) is 28.5 Å². The average molecular weight is 499 g/mol. The minimum atomic E-state index is -4.05. The molecular formula is C25H30N4O5S. The van der Waals surface area contributed by atoms with Crippen LogP contribution >= 0.6 is 0 Å². The number of ether oxygens (including phenoxy) is 1. The monoisotopic (exact) mass is 498 g/mol. The molecule has 10 heteroatoms. The molecule has 35 heavy (non-hydrogen) atoms. The Hall–Kier alpha value is -3.37. The molecule has 1 aliphatic rings. The van der Waals surface area contributed by atoms with Crippen LogP contribution in [0.5, 0.6) is 0 Å². The number of morpholine rings is 1. The topological polar surface area (TPSA) is 93.9 Å². The van der Waals surface area contributed by atoms with E-state index in [-0.39, 0.29) is 28.7 Å². The molecule has 0 aliphatic carbocycles. The first-order valence-electron chi connectivity index (χ1n) is 11.4. The molecule has 0 spiro atoms. The van der Waals surface area contributed by atoms with Crippen molar-refractivity contribution >= 4 is 21.6 Å². The maximum Gasteiger partial charge on any atom is 0.296 e. The first kappa shape index (κ1) is 24.7. The van der Waals surface area contributed by atoms with Gasteiger partial charge in [-0.2, -0.15) is 0 Å². The van der Waals surface area contributed by atoms with E-state index in [0.717, 1.165) is 4.31 Å². The second-order valence-corrected chi connectivity index (χ2v) is 10.8. The lowest BCUT2D eigenvalue weighted by molar-refractivity contribution is -0.0586. The summed E-state index contributed by atoms with van der Waals surface area (Å²) in [5.41, 5.74) is 1.16. The highest BCUT2D eigenvalue weighted by Crippen LogP contribution is 2.24. The van der Waals surface area contributed by atoms with Crippen molar-refractivity contribution in [1.29, 1.82) is 0 Å². The number of rotatable bonds is 5. The lowest BCUT2D eigenvalue weighted by Gasteiger charge is -2.35. The van der Waals surface area contributed by atoms with Crippen molar-refractivity contribution in [2.24, 2.45) is 7.05 Å². The van der Waals surface area contributed by atoms with Crippen LogP contribution in [-0.2, 0) is 21.8 Å². The Morgan fingerprint density at radius 2 is 1.57 bits per heavy atom. The Morgan fingerprint density at radius 3 is 2.14 bits per heavy atom. The van der Waals surface area contributed by atoms with Gasteiger partial charge in [0.2, 0.25) is 0 Å². The van der Waals surface area contributed by atoms with Crippen LogP contribution in [0.4, 0.5) is 5.69 Å². The summed E-state index contributed by atoms with van der Waals surface area (Å²) < 4.78 is 36.6. The molecule has 0 radical (unpaired) electrons. The van der Waals surface area contributed by atoms with Crippen LogP contribution in [0.1, 0.15) is 29.9 Å². The molecular weight excluding hydrogens is 468 g/mol. The van der Waals surface area contributed by atoms with Gasteiger partial charge in [0.25, 0.3) is 21.5 Å². The summed E-state index contributed by atoms with van der Waals surface area (Å²) in [5.74, 6) is -0.172. The van der Waals surface area contributed by atoms with Crippen LogP contribution in [0.15, 0.2) is 64.3 Å². The van der Waals surface area contributed by atoms with Crippen molar-refractivity contribution in [3.8, 4) is 5.69 Å². The Balaban J connectivity index is 1.63. The molecule has 3 aromatic rings.